The summed E-state index contributed by atoms with van der Waals surface area (Å²) in [5.41, 5.74) is 1.83. The Morgan fingerprint density at radius 2 is 1.50 bits per heavy atom. The number of nitrogens with one attached hydrogen (secondary N) is 2. The van der Waals surface area contributed by atoms with Gasteiger partial charge in [-0.3, -0.25) is 19.3 Å². The molecule has 0 heterocycles. The van der Waals surface area contributed by atoms with Crippen LogP contribution in [0.4, 0.5) is 11.4 Å². The SMILES string of the molecule is COc1ccc(NC(=O)CN(C)[C@@H](C)C(=O)Nc2ccc(C(C)=O)cc2)cc1. The van der Waals surface area contributed by atoms with Gasteiger partial charge in [0, 0.05) is 16.9 Å². The van der Waals surface area contributed by atoms with Crippen molar-refractivity contribution in [3.8, 4) is 5.75 Å². The van der Waals surface area contributed by atoms with Gasteiger partial charge >= 0.3 is 0 Å². The molecule has 28 heavy (non-hydrogen) atoms. The predicted octanol–water partition coefficient (Wildman–Crippen LogP) is 2.80. The van der Waals surface area contributed by atoms with E-state index < -0.39 is 6.04 Å². The molecule has 0 aromatic heterocycles. The Hall–Kier alpha value is -3.19. The fraction of sp³-hybridized carbons (Fsp3) is 0.286. The van der Waals surface area contributed by atoms with Crippen LogP contribution in [0.3, 0.4) is 0 Å². The molecule has 0 aliphatic rings. The van der Waals surface area contributed by atoms with Crippen molar-refractivity contribution < 1.29 is 19.1 Å². The number of likely N-dealkylation sites (N-methyl/N-ethyl adjacent to an activating group) is 1. The summed E-state index contributed by atoms with van der Waals surface area (Å²) in [6.45, 7) is 3.27. The highest BCUT2D eigenvalue weighted by Gasteiger charge is 2.20. The van der Waals surface area contributed by atoms with Gasteiger partial charge in [-0.25, -0.2) is 0 Å². The summed E-state index contributed by atoms with van der Waals surface area (Å²) in [4.78, 5) is 37.6. The van der Waals surface area contributed by atoms with Crippen LogP contribution in [0.2, 0.25) is 0 Å². The van der Waals surface area contributed by atoms with Crippen molar-refractivity contribution in [3.63, 3.8) is 0 Å². The van der Waals surface area contributed by atoms with Crippen LogP contribution in [-0.4, -0.2) is 49.2 Å². The number of nitrogens with zero attached hydrogens (tertiary/aromatic N) is 1. The molecule has 2 rings (SSSR count). The molecule has 0 fully saturated rings. The third kappa shape index (κ3) is 5.92. The second-order valence-electron chi connectivity index (χ2n) is 6.49. The van der Waals surface area contributed by atoms with Crippen LogP contribution in [-0.2, 0) is 9.59 Å². The fourth-order valence-electron chi connectivity index (χ4n) is 2.47. The molecule has 7 heteroatoms. The average Bonchev–Trinajstić information content (AvgIpc) is 2.68. The highest BCUT2D eigenvalue weighted by Crippen LogP contribution is 2.15. The molecule has 1 atom stereocenters. The lowest BCUT2D eigenvalue weighted by molar-refractivity contribution is -0.122. The summed E-state index contributed by atoms with van der Waals surface area (Å²) in [5, 5.41) is 5.57. The third-order valence-electron chi connectivity index (χ3n) is 4.37. The molecule has 2 N–H and O–H groups in total. The number of rotatable bonds is 8. The average molecular weight is 383 g/mol. The molecule has 2 aromatic rings. The van der Waals surface area contributed by atoms with Crippen molar-refractivity contribution in [2.45, 2.75) is 19.9 Å². The molecule has 0 aliphatic carbocycles. The van der Waals surface area contributed by atoms with Crippen molar-refractivity contribution in [1.29, 1.82) is 0 Å². The van der Waals surface area contributed by atoms with E-state index in [4.69, 9.17) is 4.74 Å². The van der Waals surface area contributed by atoms with Crippen LogP contribution < -0.4 is 15.4 Å². The van der Waals surface area contributed by atoms with Crippen LogP contribution in [0.25, 0.3) is 0 Å². The van der Waals surface area contributed by atoms with Crippen molar-refractivity contribution in [2.75, 3.05) is 31.3 Å². The van der Waals surface area contributed by atoms with E-state index in [9.17, 15) is 14.4 Å². The number of hydrogen-bond acceptors (Lipinski definition) is 5. The van der Waals surface area contributed by atoms with Crippen LogP contribution >= 0.6 is 0 Å². The smallest absolute Gasteiger partial charge is 0.241 e. The molecular formula is C21H25N3O4. The molecule has 2 aromatic carbocycles. The van der Waals surface area contributed by atoms with Gasteiger partial charge in [0.15, 0.2) is 5.78 Å². The normalized spacial score (nSPS) is 11.6. The van der Waals surface area contributed by atoms with Crippen molar-refractivity contribution in [2.24, 2.45) is 0 Å². The minimum absolute atomic E-state index is 0.0335. The summed E-state index contributed by atoms with van der Waals surface area (Å²) in [7, 11) is 3.28. The monoisotopic (exact) mass is 383 g/mol. The molecule has 7 nitrogen and oxygen atoms in total. The molecule has 0 bridgehead atoms. The van der Waals surface area contributed by atoms with Crippen LogP contribution in [0.15, 0.2) is 48.5 Å². The van der Waals surface area contributed by atoms with Crippen molar-refractivity contribution >= 4 is 29.0 Å². The Morgan fingerprint density at radius 3 is 2.04 bits per heavy atom. The number of methoxy groups -OCH3 is 1. The Kier molecular flexibility index (Phi) is 7.28. The lowest BCUT2D eigenvalue weighted by atomic mass is 10.1. The molecule has 0 saturated heterocycles. The van der Waals surface area contributed by atoms with E-state index in [1.165, 1.54) is 6.92 Å². The van der Waals surface area contributed by atoms with Gasteiger partial charge < -0.3 is 15.4 Å². The van der Waals surface area contributed by atoms with Gasteiger partial charge in [-0.1, -0.05) is 0 Å². The summed E-state index contributed by atoms with van der Waals surface area (Å²) >= 11 is 0. The highest BCUT2D eigenvalue weighted by molar-refractivity contribution is 5.97. The first-order chi connectivity index (χ1) is 13.3. The van der Waals surface area contributed by atoms with E-state index in [2.05, 4.69) is 10.6 Å². The first-order valence-corrected chi connectivity index (χ1v) is 8.86. The number of benzene rings is 2. The van der Waals surface area contributed by atoms with E-state index >= 15 is 0 Å². The summed E-state index contributed by atoms with van der Waals surface area (Å²) in [6.07, 6.45) is 0. The zero-order valence-electron chi connectivity index (χ0n) is 16.5. The summed E-state index contributed by atoms with van der Waals surface area (Å²) in [6, 6.07) is 13.2. The lowest BCUT2D eigenvalue weighted by Gasteiger charge is -2.23. The molecular weight excluding hydrogens is 358 g/mol. The van der Waals surface area contributed by atoms with Crippen LogP contribution in [0.1, 0.15) is 24.2 Å². The maximum atomic E-state index is 12.4. The largest absolute Gasteiger partial charge is 0.497 e. The van der Waals surface area contributed by atoms with E-state index in [-0.39, 0.29) is 24.1 Å². The van der Waals surface area contributed by atoms with Gasteiger partial charge in [0.2, 0.25) is 11.8 Å². The Morgan fingerprint density at radius 1 is 0.964 bits per heavy atom. The van der Waals surface area contributed by atoms with Crippen LogP contribution in [0, 0.1) is 0 Å². The zero-order valence-corrected chi connectivity index (χ0v) is 16.5. The standard InChI is InChI=1S/C21H25N3O4/c1-14(21(27)23-18-7-5-16(6-8-18)15(2)25)24(3)13-20(26)22-17-9-11-19(28-4)12-10-17/h5-12,14H,13H2,1-4H3,(H,22,26)(H,23,27)/t14-/m0/s1. The Balaban J connectivity index is 1.87. The van der Waals surface area contributed by atoms with Gasteiger partial charge in [0.1, 0.15) is 5.75 Å². The number of ether oxygens (including phenoxy) is 1. The molecule has 0 saturated carbocycles. The van der Waals surface area contributed by atoms with Gasteiger partial charge in [0.25, 0.3) is 0 Å². The molecule has 2 amide bonds. The molecule has 148 valence electrons. The Bertz CT molecular complexity index is 832. The summed E-state index contributed by atoms with van der Waals surface area (Å²) < 4.78 is 5.08. The van der Waals surface area contributed by atoms with Crippen molar-refractivity contribution in [1.82, 2.24) is 4.90 Å². The highest BCUT2D eigenvalue weighted by atomic mass is 16.5. The molecule has 0 aliphatic heterocycles. The number of anilines is 2. The number of amides is 2. The minimum Gasteiger partial charge on any atom is -0.497 e. The van der Waals surface area contributed by atoms with E-state index in [0.29, 0.717) is 22.7 Å². The van der Waals surface area contributed by atoms with Gasteiger partial charge in [0.05, 0.1) is 19.7 Å². The lowest BCUT2D eigenvalue weighted by Crippen LogP contribution is -2.43. The fourth-order valence-corrected chi connectivity index (χ4v) is 2.47. The first kappa shape index (κ1) is 21.1. The second kappa shape index (κ2) is 9.66. The molecule has 0 radical (unpaired) electrons. The first-order valence-electron chi connectivity index (χ1n) is 8.86. The van der Waals surface area contributed by atoms with E-state index in [1.54, 1.807) is 74.5 Å². The van der Waals surface area contributed by atoms with Crippen molar-refractivity contribution in [3.05, 3.63) is 54.1 Å². The predicted molar refractivity (Wildman–Crippen MR) is 109 cm³/mol. The number of ketones is 1. The number of carbonyl (C=O) groups excluding carboxylic acids is 3. The second-order valence-corrected chi connectivity index (χ2v) is 6.49. The molecule has 0 unspecified atom stereocenters. The summed E-state index contributed by atoms with van der Waals surface area (Å²) in [5.74, 6) is 0.207. The van der Waals surface area contributed by atoms with Gasteiger partial charge in [-0.15, -0.1) is 0 Å². The quantitative estimate of drug-likeness (QED) is 0.685. The topological polar surface area (TPSA) is 87.7 Å². The maximum Gasteiger partial charge on any atom is 0.241 e. The zero-order chi connectivity index (χ0) is 20.7. The van der Waals surface area contributed by atoms with Gasteiger partial charge in [-0.2, -0.15) is 0 Å². The number of carbonyl (C=O) groups is 3. The number of hydrogen-bond donors (Lipinski definition) is 2. The van der Waals surface area contributed by atoms with E-state index in [0.717, 1.165) is 0 Å². The van der Waals surface area contributed by atoms with E-state index in [1.807, 2.05) is 0 Å². The minimum atomic E-state index is -0.519. The Labute approximate surface area is 164 Å². The third-order valence-corrected chi connectivity index (χ3v) is 4.37. The van der Waals surface area contributed by atoms with Crippen LogP contribution in [0.5, 0.6) is 5.75 Å². The maximum absolute atomic E-state index is 12.4. The van der Waals surface area contributed by atoms with Gasteiger partial charge in [-0.05, 0) is 69.4 Å². The molecule has 0 spiro atoms. The number of Topliss-reactive ketones (excluding diaryl/α,β-unsaturated/α-hetero) is 1.